The minimum Gasteiger partial charge on any atom is -0.360 e. The number of aromatic amines is 2. The number of benzene rings is 1. The van der Waals surface area contributed by atoms with Crippen LogP contribution in [-0.4, -0.2) is 19.9 Å². The van der Waals surface area contributed by atoms with E-state index < -0.39 is 0 Å². The van der Waals surface area contributed by atoms with Crippen molar-refractivity contribution in [2.75, 3.05) is 0 Å². The summed E-state index contributed by atoms with van der Waals surface area (Å²) in [5, 5.41) is 2.41. The minimum absolute atomic E-state index is 0.128. The zero-order valence-electron chi connectivity index (χ0n) is 14.4. The minimum atomic E-state index is 0.128. The molecule has 0 saturated carbocycles. The van der Waals surface area contributed by atoms with Crippen LogP contribution in [0.25, 0.3) is 21.8 Å². The van der Waals surface area contributed by atoms with Gasteiger partial charge < -0.3 is 9.97 Å². The Hall–Kier alpha value is -3.40. The highest BCUT2D eigenvalue weighted by molar-refractivity contribution is 5.88. The van der Waals surface area contributed by atoms with E-state index in [1.807, 2.05) is 24.8 Å². The zero-order chi connectivity index (χ0) is 17.5. The normalized spacial score (nSPS) is 11.6. The molecule has 4 aromatic heterocycles. The highest BCUT2D eigenvalue weighted by Gasteiger charge is 2.23. The molecule has 4 nitrogen and oxygen atoms in total. The Morgan fingerprint density at radius 1 is 0.731 bits per heavy atom. The fourth-order valence-electron chi connectivity index (χ4n) is 3.75. The lowest BCUT2D eigenvalue weighted by molar-refractivity contribution is 0.996. The third kappa shape index (κ3) is 2.30. The molecule has 0 atom stereocenters. The van der Waals surface area contributed by atoms with E-state index in [4.69, 9.17) is 0 Å². The second kappa shape index (κ2) is 5.85. The standard InChI is InChI=1S/C22H18N4/c1-14-2-4-15(5-3-14)22(18-10-25-20-12-23-8-6-16(18)20)19-11-26-21-13-24-9-7-17(19)21/h2-13,22,25-26H,1H3. The monoisotopic (exact) mass is 338 g/mol. The van der Waals surface area contributed by atoms with Crippen molar-refractivity contribution < 1.29 is 0 Å². The van der Waals surface area contributed by atoms with E-state index in [-0.39, 0.29) is 5.92 Å². The first-order valence-electron chi connectivity index (χ1n) is 8.70. The molecule has 2 N–H and O–H groups in total. The van der Waals surface area contributed by atoms with Gasteiger partial charge in [-0.1, -0.05) is 29.8 Å². The van der Waals surface area contributed by atoms with Crippen LogP contribution in [-0.2, 0) is 0 Å². The van der Waals surface area contributed by atoms with E-state index in [1.165, 1.54) is 33.0 Å². The summed E-state index contributed by atoms with van der Waals surface area (Å²) in [5.41, 5.74) is 7.15. The highest BCUT2D eigenvalue weighted by atomic mass is 14.7. The molecular weight excluding hydrogens is 320 g/mol. The second-order valence-corrected chi connectivity index (χ2v) is 6.67. The van der Waals surface area contributed by atoms with Crippen molar-refractivity contribution >= 4 is 21.8 Å². The number of hydrogen-bond donors (Lipinski definition) is 2. The Bertz CT molecular complexity index is 1120. The van der Waals surface area contributed by atoms with Gasteiger partial charge in [0.2, 0.25) is 0 Å². The molecule has 0 bridgehead atoms. The molecule has 4 heteroatoms. The molecular formula is C22H18N4. The predicted octanol–water partition coefficient (Wildman–Crippen LogP) is 4.93. The molecule has 0 spiro atoms. The average Bonchev–Trinajstić information content (AvgIpc) is 3.29. The first-order chi connectivity index (χ1) is 12.8. The molecule has 1 aromatic carbocycles. The second-order valence-electron chi connectivity index (χ2n) is 6.67. The number of pyridine rings is 2. The van der Waals surface area contributed by atoms with Crippen molar-refractivity contribution in [2.45, 2.75) is 12.8 Å². The number of H-pyrrole nitrogens is 2. The number of nitrogens with zero attached hydrogens (tertiary/aromatic N) is 2. The van der Waals surface area contributed by atoms with Crippen LogP contribution in [0.5, 0.6) is 0 Å². The van der Waals surface area contributed by atoms with E-state index in [2.05, 4.69) is 75.7 Å². The van der Waals surface area contributed by atoms with E-state index in [9.17, 15) is 0 Å². The Labute approximate surface area is 150 Å². The van der Waals surface area contributed by atoms with Gasteiger partial charge in [0.1, 0.15) is 0 Å². The summed E-state index contributed by atoms with van der Waals surface area (Å²) >= 11 is 0. The van der Waals surface area contributed by atoms with E-state index >= 15 is 0 Å². The molecule has 0 unspecified atom stereocenters. The fraction of sp³-hybridized carbons (Fsp3) is 0.0909. The maximum atomic E-state index is 4.24. The number of hydrogen-bond acceptors (Lipinski definition) is 2. The van der Waals surface area contributed by atoms with Crippen LogP contribution in [0, 0.1) is 6.92 Å². The Balaban J connectivity index is 1.79. The van der Waals surface area contributed by atoms with Gasteiger partial charge in [0, 0.05) is 41.5 Å². The summed E-state index contributed by atoms with van der Waals surface area (Å²) < 4.78 is 0. The summed E-state index contributed by atoms with van der Waals surface area (Å²) in [6.45, 7) is 2.12. The lowest BCUT2D eigenvalue weighted by atomic mass is 9.85. The molecule has 0 aliphatic rings. The molecule has 0 saturated heterocycles. The molecule has 0 fully saturated rings. The van der Waals surface area contributed by atoms with E-state index in [1.54, 1.807) is 0 Å². The first kappa shape index (κ1) is 14.9. The summed E-state index contributed by atoms with van der Waals surface area (Å²) in [4.78, 5) is 15.2. The molecule has 0 aliphatic carbocycles. The lowest BCUT2D eigenvalue weighted by Crippen LogP contribution is -2.02. The molecule has 0 radical (unpaired) electrons. The Morgan fingerprint density at radius 3 is 1.81 bits per heavy atom. The Morgan fingerprint density at radius 2 is 1.27 bits per heavy atom. The SMILES string of the molecule is Cc1ccc(C(c2c[nH]c3cnccc23)c2c[nH]c3cnccc23)cc1. The topological polar surface area (TPSA) is 57.4 Å². The van der Waals surface area contributed by atoms with Crippen molar-refractivity contribution in [3.8, 4) is 0 Å². The van der Waals surface area contributed by atoms with E-state index in [0.29, 0.717) is 0 Å². The van der Waals surface area contributed by atoms with E-state index in [0.717, 1.165) is 11.0 Å². The van der Waals surface area contributed by atoms with Crippen LogP contribution in [0.3, 0.4) is 0 Å². The molecule has 26 heavy (non-hydrogen) atoms. The largest absolute Gasteiger partial charge is 0.360 e. The van der Waals surface area contributed by atoms with Gasteiger partial charge in [-0.2, -0.15) is 0 Å². The predicted molar refractivity (Wildman–Crippen MR) is 104 cm³/mol. The molecule has 5 rings (SSSR count). The van der Waals surface area contributed by atoms with Crippen molar-refractivity contribution in [3.63, 3.8) is 0 Å². The molecule has 0 aliphatic heterocycles. The van der Waals surface area contributed by atoms with Gasteiger partial charge in [0.25, 0.3) is 0 Å². The number of nitrogens with one attached hydrogen (secondary N) is 2. The summed E-state index contributed by atoms with van der Waals surface area (Å²) in [6.07, 6.45) is 11.7. The van der Waals surface area contributed by atoms with Crippen molar-refractivity contribution in [1.29, 1.82) is 0 Å². The van der Waals surface area contributed by atoms with Gasteiger partial charge in [0.15, 0.2) is 0 Å². The molecule has 4 heterocycles. The van der Waals surface area contributed by atoms with Crippen molar-refractivity contribution in [3.05, 3.63) is 95.8 Å². The summed E-state index contributed by atoms with van der Waals surface area (Å²) in [7, 11) is 0. The van der Waals surface area contributed by atoms with Crippen molar-refractivity contribution in [2.24, 2.45) is 0 Å². The third-order valence-electron chi connectivity index (χ3n) is 5.06. The number of rotatable bonds is 3. The third-order valence-corrected chi connectivity index (χ3v) is 5.06. The summed E-state index contributed by atoms with van der Waals surface area (Å²) in [5.74, 6) is 0.128. The first-order valence-corrected chi connectivity index (χ1v) is 8.70. The van der Waals surface area contributed by atoms with Crippen LogP contribution >= 0.6 is 0 Å². The van der Waals surface area contributed by atoms with Gasteiger partial charge in [0.05, 0.1) is 23.4 Å². The van der Waals surface area contributed by atoms with Crippen molar-refractivity contribution in [1.82, 2.24) is 19.9 Å². The number of fused-ring (bicyclic) bond motifs is 2. The lowest BCUT2D eigenvalue weighted by Gasteiger charge is -2.17. The van der Waals surface area contributed by atoms with Crippen LogP contribution in [0.4, 0.5) is 0 Å². The van der Waals surface area contributed by atoms with Crippen LogP contribution in [0.1, 0.15) is 28.2 Å². The highest BCUT2D eigenvalue weighted by Crippen LogP contribution is 2.39. The number of aryl methyl sites for hydroxylation is 1. The fourth-order valence-corrected chi connectivity index (χ4v) is 3.75. The van der Waals surface area contributed by atoms with Crippen LogP contribution in [0.2, 0.25) is 0 Å². The van der Waals surface area contributed by atoms with Gasteiger partial charge in [-0.25, -0.2) is 0 Å². The van der Waals surface area contributed by atoms with Gasteiger partial charge in [-0.3, -0.25) is 9.97 Å². The van der Waals surface area contributed by atoms with Crippen LogP contribution in [0.15, 0.2) is 73.6 Å². The smallest absolute Gasteiger partial charge is 0.0643 e. The van der Waals surface area contributed by atoms with Gasteiger partial charge in [-0.05, 0) is 35.7 Å². The average molecular weight is 338 g/mol. The van der Waals surface area contributed by atoms with Crippen LogP contribution < -0.4 is 0 Å². The Kier molecular flexibility index (Phi) is 3.35. The van der Waals surface area contributed by atoms with Gasteiger partial charge in [-0.15, -0.1) is 0 Å². The zero-order valence-corrected chi connectivity index (χ0v) is 14.4. The molecule has 5 aromatic rings. The number of aromatic nitrogens is 4. The maximum absolute atomic E-state index is 4.24. The molecule has 126 valence electrons. The van der Waals surface area contributed by atoms with Gasteiger partial charge >= 0.3 is 0 Å². The summed E-state index contributed by atoms with van der Waals surface area (Å²) in [6, 6.07) is 13.0. The molecule has 0 amide bonds. The maximum Gasteiger partial charge on any atom is 0.0643 e. The quantitative estimate of drug-likeness (QED) is 0.490.